The van der Waals surface area contributed by atoms with Crippen molar-refractivity contribution in [3.8, 4) is 0 Å². The second-order valence-electron chi connectivity index (χ2n) is 6.42. The summed E-state index contributed by atoms with van der Waals surface area (Å²) < 4.78 is 1.75. The lowest BCUT2D eigenvalue weighted by Crippen LogP contribution is -2.26. The summed E-state index contributed by atoms with van der Waals surface area (Å²) in [5, 5.41) is 2.96. The second-order valence-corrected chi connectivity index (χ2v) is 7.59. The standard InChI is InChI=1S/C20H23N5O2S/c1-13-16(14(2)25-12-23-18(19(21)27)20(25)24-13)8-9-17(26)22-10-11-28-15-6-4-3-5-7-15/h3-7,12H,8-11H2,1-2H3,(H2,21,27)(H,22,26). The van der Waals surface area contributed by atoms with Crippen LogP contribution >= 0.6 is 11.8 Å². The molecule has 1 aromatic carbocycles. The highest BCUT2D eigenvalue weighted by Crippen LogP contribution is 2.19. The molecule has 28 heavy (non-hydrogen) atoms. The van der Waals surface area contributed by atoms with E-state index >= 15 is 0 Å². The molecule has 0 aliphatic heterocycles. The van der Waals surface area contributed by atoms with Crippen molar-refractivity contribution in [3.63, 3.8) is 0 Å². The van der Waals surface area contributed by atoms with Crippen LogP contribution in [0, 0.1) is 13.8 Å². The second kappa shape index (κ2) is 8.88. The van der Waals surface area contributed by atoms with Crippen LogP contribution in [0.25, 0.3) is 5.65 Å². The highest BCUT2D eigenvalue weighted by molar-refractivity contribution is 7.99. The van der Waals surface area contributed by atoms with E-state index in [9.17, 15) is 9.59 Å². The Balaban J connectivity index is 1.56. The highest BCUT2D eigenvalue weighted by atomic mass is 32.2. The quantitative estimate of drug-likeness (QED) is 0.448. The van der Waals surface area contributed by atoms with E-state index in [0.717, 1.165) is 22.7 Å². The maximum absolute atomic E-state index is 12.2. The molecule has 3 rings (SSSR count). The molecule has 0 aliphatic carbocycles. The minimum atomic E-state index is -0.602. The van der Waals surface area contributed by atoms with Gasteiger partial charge in [0.2, 0.25) is 5.91 Å². The van der Waals surface area contributed by atoms with E-state index < -0.39 is 5.91 Å². The van der Waals surface area contributed by atoms with E-state index in [1.165, 1.54) is 4.90 Å². The van der Waals surface area contributed by atoms with Gasteiger partial charge in [-0.25, -0.2) is 9.97 Å². The zero-order valence-corrected chi connectivity index (χ0v) is 16.8. The van der Waals surface area contributed by atoms with Crippen LogP contribution in [0.4, 0.5) is 0 Å². The van der Waals surface area contributed by atoms with Crippen molar-refractivity contribution in [2.75, 3.05) is 12.3 Å². The first-order valence-electron chi connectivity index (χ1n) is 9.05. The van der Waals surface area contributed by atoms with Crippen LogP contribution in [0.3, 0.4) is 0 Å². The van der Waals surface area contributed by atoms with Crippen LogP contribution < -0.4 is 11.1 Å². The van der Waals surface area contributed by atoms with Crippen molar-refractivity contribution in [3.05, 3.63) is 59.3 Å². The molecule has 0 saturated heterocycles. The molecule has 2 heterocycles. The largest absolute Gasteiger partial charge is 0.364 e. The van der Waals surface area contributed by atoms with E-state index in [1.54, 1.807) is 22.5 Å². The Bertz CT molecular complexity index is 1000. The fraction of sp³-hybridized carbons (Fsp3) is 0.300. The van der Waals surface area contributed by atoms with Crippen LogP contribution in [-0.4, -0.2) is 38.5 Å². The molecule has 0 atom stereocenters. The monoisotopic (exact) mass is 397 g/mol. The number of nitrogens with zero attached hydrogens (tertiary/aromatic N) is 3. The lowest BCUT2D eigenvalue weighted by Gasteiger charge is -2.12. The molecule has 8 heteroatoms. The van der Waals surface area contributed by atoms with Gasteiger partial charge in [-0.05, 0) is 38.0 Å². The molecule has 2 amide bonds. The summed E-state index contributed by atoms with van der Waals surface area (Å²) in [6.45, 7) is 4.42. The van der Waals surface area contributed by atoms with Crippen molar-refractivity contribution in [2.24, 2.45) is 5.73 Å². The van der Waals surface area contributed by atoms with Gasteiger partial charge in [0, 0.05) is 35.0 Å². The normalized spacial score (nSPS) is 10.9. The van der Waals surface area contributed by atoms with Crippen LogP contribution in [0.5, 0.6) is 0 Å². The number of carbonyl (C=O) groups is 2. The SMILES string of the molecule is Cc1nc2c(C(N)=O)ncn2c(C)c1CCC(=O)NCCSc1ccccc1. The molecule has 3 aromatic rings. The summed E-state index contributed by atoms with van der Waals surface area (Å²) in [7, 11) is 0. The third kappa shape index (κ3) is 4.51. The Morgan fingerprint density at radius 2 is 1.96 bits per heavy atom. The minimum Gasteiger partial charge on any atom is -0.364 e. The molecule has 146 valence electrons. The first kappa shape index (κ1) is 19.9. The van der Waals surface area contributed by atoms with Gasteiger partial charge >= 0.3 is 0 Å². The summed E-state index contributed by atoms with van der Waals surface area (Å²) in [4.78, 5) is 33.4. The number of fused-ring (bicyclic) bond motifs is 1. The van der Waals surface area contributed by atoms with E-state index in [4.69, 9.17) is 5.73 Å². The molecule has 0 bridgehead atoms. The minimum absolute atomic E-state index is 0.0102. The van der Waals surface area contributed by atoms with E-state index in [2.05, 4.69) is 27.4 Å². The van der Waals surface area contributed by atoms with Crippen LogP contribution in [0.1, 0.15) is 33.9 Å². The topological polar surface area (TPSA) is 102 Å². The molecule has 0 fully saturated rings. The van der Waals surface area contributed by atoms with Gasteiger partial charge in [0.15, 0.2) is 11.3 Å². The Morgan fingerprint density at radius 3 is 2.68 bits per heavy atom. The first-order valence-corrected chi connectivity index (χ1v) is 10.0. The number of amides is 2. The number of benzene rings is 1. The van der Waals surface area contributed by atoms with E-state index in [-0.39, 0.29) is 11.6 Å². The average Bonchev–Trinajstić information content (AvgIpc) is 3.10. The van der Waals surface area contributed by atoms with Gasteiger partial charge in [-0.15, -0.1) is 11.8 Å². The highest BCUT2D eigenvalue weighted by Gasteiger charge is 2.17. The van der Waals surface area contributed by atoms with Crippen molar-refractivity contribution in [1.82, 2.24) is 19.7 Å². The smallest absolute Gasteiger partial charge is 0.271 e. The fourth-order valence-electron chi connectivity index (χ4n) is 3.07. The number of thioether (sulfide) groups is 1. The molecule has 0 spiro atoms. The zero-order chi connectivity index (χ0) is 20.1. The van der Waals surface area contributed by atoms with Gasteiger partial charge in [-0.1, -0.05) is 18.2 Å². The van der Waals surface area contributed by atoms with Gasteiger partial charge in [0.1, 0.15) is 6.33 Å². The number of carbonyl (C=O) groups excluding carboxylic acids is 2. The van der Waals surface area contributed by atoms with Gasteiger partial charge in [0.25, 0.3) is 5.91 Å². The third-order valence-corrected chi connectivity index (χ3v) is 5.54. The zero-order valence-electron chi connectivity index (χ0n) is 15.9. The molecule has 0 saturated carbocycles. The van der Waals surface area contributed by atoms with E-state index in [0.29, 0.717) is 25.0 Å². The number of aromatic nitrogens is 3. The summed E-state index contributed by atoms with van der Waals surface area (Å²) in [5.74, 6) is 0.233. The summed E-state index contributed by atoms with van der Waals surface area (Å²) in [5.41, 5.74) is 8.63. The first-order chi connectivity index (χ1) is 13.5. The van der Waals surface area contributed by atoms with Crippen molar-refractivity contribution >= 4 is 29.2 Å². The number of aryl methyl sites for hydroxylation is 2. The molecular formula is C20H23N5O2S. The van der Waals surface area contributed by atoms with Crippen molar-refractivity contribution < 1.29 is 9.59 Å². The maximum Gasteiger partial charge on any atom is 0.271 e. The molecule has 0 aliphatic rings. The fourth-order valence-corrected chi connectivity index (χ4v) is 3.86. The predicted octanol–water partition coefficient (Wildman–Crippen LogP) is 2.29. The maximum atomic E-state index is 12.2. The Labute approximate surface area is 167 Å². The summed E-state index contributed by atoms with van der Waals surface area (Å²) in [6, 6.07) is 10.1. The Morgan fingerprint density at radius 1 is 1.21 bits per heavy atom. The van der Waals surface area contributed by atoms with Crippen LogP contribution in [0.2, 0.25) is 0 Å². The van der Waals surface area contributed by atoms with Gasteiger partial charge < -0.3 is 11.1 Å². The molecule has 0 unspecified atom stereocenters. The van der Waals surface area contributed by atoms with Crippen LogP contribution in [0.15, 0.2) is 41.6 Å². The lowest BCUT2D eigenvalue weighted by molar-refractivity contribution is -0.120. The van der Waals surface area contributed by atoms with Crippen molar-refractivity contribution in [2.45, 2.75) is 31.6 Å². The lowest BCUT2D eigenvalue weighted by atomic mass is 10.1. The van der Waals surface area contributed by atoms with E-state index in [1.807, 2.05) is 32.0 Å². The number of hydrogen-bond donors (Lipinski definition) is 2. The van der Waals surface area contributed by atoms with Gasteiger partial charge in [-0.3, -0.25) is 14.0 Å². The molecule has 0 radical (unpaired) electrons. The molecule has 7 nitrogen and oxygen atoms in total. The molecule has 3 N–H and O–H groups in total. The van der Waals surface area contributed by atoms with Gasteiger partial charge in [-0.2, -0.15) is 0 Å². The molecule has 2 aromatic heterocycles. The molecular weight excluding hydrogens is 374 g/mol. The number of hydrogen-bond acceptors (Lipinski definition) is 5. The Hall–Kier alpha value is -2.87. The Kier molecular flexibility index (Phi) is 6.30. The number of rotatable bonds is 8. The van der Waals surface area contributed by atoms with Crippen LogP contribution in [-0.2, 0) is 11.2 Å². The number of nitrogens with one attached hydrogen (secondary N) is 1. The predicted molar refractivity (Wildman–Crippen MR) is 109 cm³/mol. The summed E-state index contributed by atoms with van der Waals surface area (Å²) >= 11 is 1.72. The number of nitrogens with two attached hydrogens (primary N) is 1. The average molecular weight is 398 g/mol. The summed E-state index contributed by atoms with van der Waals surface area (Å²) in [6.07, 6.45) is 2.49. The number of primary amides is 1. The third-order valence-electron chi connectivity index (χ3n) is 4.52. The van der Waals surface area contributed by atoms with Gasteiger partial charge in [0.05, 0.1) is 0 Å². The number of imidazole rings is 1. The van der Waals surface area contributed by atoms with Crippen molar-refractivity contribution in [1.29, 1.82) is 0 Å².